The molecule has 23 heavy (non-hydrogen) atoms. The number of likely N-dealkylation sites (N-methyl/N-ethyl adjacent to an activating group) is 1. The van der Waals surface area contributed by atoms with Crippen molar-refractivity contribution in [3.8, 4) is 0 Å². The van der Waals surface area contributed by atoms with Crippen molar-refractivity contribution < 1.29 is 4.42 Å². The molecule has 2 atom stereocenters. The Hall–Kier alpha value is -0.760. The summed E-state index contributed by atoms with van der Waals surface area (Å²) in [5.74, 6) is 1.85. The van der Waals surface area contributed by atoms with Crippen LogP contribution in [0, 0.1) is 0 Å². The molecule has 0 radical (unpaired) electrons. The van der Waals surface area contributed by atoms with E-state index in [1.54, 1.807) is 6.26 Å². The Morgan fingerprint density at radius 1 is 1.26 bits per heavy atom. The number of halogens is 1. The van der Waals surface area contributed by atoms with E-state index < -0.39 is 0 Å². The number of guanidine groups is 1. The Balaban J connectivity index is 0.00000484. The fourth-order valence-corrected chi connectivity index (χ4v) is 2.36. The molecule has 2 N–H and O–H groups in total. The predicted octanol–water partition coefficient (Wildman–Crippen LogP) is 3.63. The quantitative estimate of drug-likeness (QED) is 0.353. The standard InChI is InChI=1S/C17H32N4O.HI/c1-6-14(5)20-17(18-7-2)19-13-15(21(8-3)9-4)16-11-10-12-22-16;/h10-12,14-15H,6-9,13H2,1-5H3,(H2,18,19,20);1H. The summed E-state index contributed by atoms with van der Waals surface area (Å²) in [6.07, 6.45) is 2.81. The second kappa shape index (κ2) is 12.6. The molecule has 1 heterocycles. The molecule has 0 aromatic carbocycles. The summed E-state index contributed by atoms with van der Waals surface area (Å²) in [6, 6.07) is 4.57. The highest BCUT2D eigenvalue weighted by atomic mass is 127. The van der Waals surface area contributed by atoms with Gasteiger partial charge in [0.1, 0.15) is 5.76 Å². The smallest absolute Gasteiger partial charge is 0.191 e. The van der Waals surface area contributed by atoms with Gasteiger partial charge in [0.05, 0.1) is 18.8 Å². The van der Waals surface area contributed by atoms with Gasteiger partial charge in [0, 0.05) is 12.6 Å². The molecule has 0 fully saturated rings. The van der Waals surface area contributed by atoms with Crippen LogP contribution in [-0.4, -0.2) is 43.1 Å². The zero-order valence-corrected chi connectivity index (χ0v) is 17.5. The minimum Gasteiger partial charge on any atom is -0.468 e. The van der Waals surface area contributed by atoms with E-state index in [-0.39, 0.29) is 30.0 Å². The van der Waals surface area contributed by atoms with Crippen LogP contribution in [-0.2, 0) is 0 Å². The van der Waals surface area contributed by atoms with Crippen LogP contribution in [0.1, 0.15) is 52.8 Å². The summed E-state index contributed by atoms with van der Waals surface area (Å²) in [6.45, 7) is 14.3. The largest absolute Gasteiger partial charge is 0.468 e. The Labute approximate surface area is 158 Å². The number of furan rings is 1. The maximum Gasteiger partial charge on any atom is 0.191 e. The van der Waals surface area contributed by atoms with Gasteiger partial charge in [-0.25, -0.2) is 0 Å². The van der Waals surface area contributed by atoms with Gasteiger partial charge in [-0.2, -0.15) is 0 Å². The first-order valence-electron chi connectivity index (χ1n) is 8.48. The van der Waals surface area contributed by atoms with E-state index in [0.717, 1.165) is 37.8 Å². The molecule has 0 spiro atoms. The van der Waals surface area contributed by atoms with E-state index in [9.17, 15) is 0 Å². The van der Waals surface area contributed by atoms with Crippen LogP contribution in [0.4, 0.5) is 0 Å². The highest BCUT2D eigenvalue weighted by Gasteiger charge is 2.20. The Kier molecular flexibility index (Phi) is 12.2. The SMILES string of the molecule is CCNC(=NCC(c1ccco1)N(CC)CC)NC(C)CC.I. The molecule has 0 bridgehead atoms. The average molecular weight is 436 g/mol. The van der Waals surface area contributed by atoms with Gasteiger partial charge in [0.15, 0.2) is 5.96 Å². The van der Waals surface area contributed by atoms with Crippen LogP contribution in [0.15, 0.2) is 27.8 Å². The van der Waals surface area contributed by atoms with Gasteiger partial charge in [-0.05, 0) is 45.5 Å². The van der Waals surface area contributed by atoms with E-state index in [4.69, 9.17) is 9.41 Å². The Bertz CT molecular complexity index is 418. The number of hydrogen-bond donors (Lipinski definition) is 2. The summed E-state index contributed by atoms with van der Waals surface area (Å²) in [5, 5.41) is 6.75. The zero-order chi connectivity index (χ0) is 16.4. The molecular formula is C17H33IN4O. The van der Waals surface area contributed by atoms with E-state index in [2.05, 4.69) is 50.2 Å². The van der Waals surface area contributed by atoms with Crippen LogP contribution in [0.3, 0.4) is 0 Å². The summed E-state index contributed by atoms with van der Waals surface area (Å²) >= 11 is 0. The highest BCUT2D eigenvalue weighted by Crippen LogP contribution is 2.21. The topological polar surface area (TPSA) is 52.8 Å². The van der Waals surface area contributed by atoms with Crippen LogP contribution in [0.2, 0.25) is 0 Å². The number of aliphatic imine (C=N–C) groups is 1. The van der Waals surface area contributed by atoms with E-state index in [1.165, 1.54) is 0 Å². The first kappa shape index (κ1) is 22.2. The number of rotatable bonds is 9. The van der Waals surface area contributed by atoms with Crippen molar-refractivity contribution in [1.29, 1.82) is 0 Å². The normalized spacial score (nSPS) is 14.3. The molecule has 0 saturated carbocycles. The molecular weight excluding hydrogens is 403 g/mol. The van der Waals surface area contributed by atoms with Gasteiger partial charge in [-0.1, -0.05) is 20.8 Å². The van der Waals surface area contributed by atoms with Crippen LogP contribution in [0.25, 0.3) is 0 Å². The Morgan fingerprint density at radius 3 is 2.43 bits per heavy atom. The number of hydrogen-bond acceptors (Lipinski definition) is 3. The monoisotopic (exact) mass is 436 g/mol. The van der Waals surface area contributed by atoms with Gasteiger partial charge in [-0.15, -0.1) is 24.0 Å². The lowest BCUT2D eigenvalue weighted by atomic mass is 10.2. The molecule has 134 valence electrons. The molecule has 0 aliphatic carbocycles. The predicted molar refractivity (Wildman–Crippen MR) is 109 cm³/mol. The molecule has 1 aromatic rings. The molecule has 0 aliphatic heterocycles. The summed E-state index contributed by atoms with van der Waals surface area (Å²) < 4.78 is 5.62. The van der Waals surface area contributed by atoms with Gasteiger partial charge >= 0.3 is 0 Å². The molecule has 2 unspecified atom stereocenters. The van der Waals surface area contributed by atoms with Crippen molar-refractivity contribution in [3.63, 3.8) is 0 Å². The van der Waals surface area contributed by atoms with E-state index in [0.29, 0.717) is 12.6 Å². The van der Waals surface area contributed by atoms with Crippen molar-refractivity contribution in [2.75, 3.05) is 26.2 Å². The third-order valence-electron chi connectivity index (χ3n) is 3.89. The van der Waals surface area contributed by atoms with Crippen molar-refractivity contribution >= 4 is 29.9 Å². The Morgan fingerprint density at radius 2 is 1.96 bits per heavy atom. The van der Waals surface area contributed by atoms with E-state index in [1.807, 2.05) is 12.1 Å². The lowest BCUT2D eigenvalue weighted by Crippen LogP contribution is -2.42. The third-order valence-corrected chi connectivity index (χ3v) is 3.89. The fourth-order valence-electron chi connectivity index (χ4n) is 2.36. The third kappa shape index (κ3) is 7.56. The summed E-state index contributed by atoms with van der Waals surface area (Å²) in [4.78, 5) is 7.14. The first-order valence-corrected chi connectivity index (χ1v) is 8.48. The molecule has 1 rings (SSSR count). The maximum absolute atomic E-state index is 5.62. The lowest BCUT2D eigenvalue weighted by molar-refractivity contribution is 0.198. The molecule has 5 nitrogen and oxygen atoms in total. The van der Waals surface area contributed by atoms with Gasteiger partial charge in [0.2, 0.25) is 0 Å². The van der Waals surface area contributed by atoms with Gasteiger partial charge in [-0.3, -0.25) is 9.89 Å². The molecule has 6 heteroatoms. The van der Waals surface area contributed by atoms with E-state index >= 15 is 0 Å². The summed E-state index contributed by atoms with van der Waals surface area (Å²) in [5.41, 5.74) is 0. The maximum atomic E-state index is 5.62. The van der Waals surface area contributed by atoms with Crippen molar-refractivity contribution in [1.82, 2.24) is 15.5 Å². The number of nitrogens with zero attached hydrogens (tertiary/aromatic N) is 2. The molecule has 1 aromatic heterocycles. The number of nitrogens with one attached hydrogen (secondary N) is 2. The minimum atomic E-state index is 0. The van der Waals surface area contributed by atoms with Crippen molar-refractivity contribution in [3.05, 3.63) is 24.2 Å². The molecule has 0 amide bonds. The molecule has 0 saturated heterocycles. The van der Waals surface area contributed by atoms with Crippen LogP contribution in [0.5, 0.6) is 0 Å². The average Bonchev–Trinajstić information content (AvgIpc) is 3.05. The zero-order valence-electron chi connectivity index (χ0n) is 15.1. The van der Waals surface area contributed by atoms with Crippen molar-refractivity contribution in [2.45, 2.75) is 53.1 Å². The second-order valence-electron chi connectivity index (χ2n) is 5.43. The van der Waals surface area contributed by atoms with Crippen LogP contribution >= 0.6 is 24.0 Å². The van der Waals surface area contributed by atoms with Crippen LogP contribution < -0.4 is 10.6 Å². The first-order chi connectivity index (χ1) is 10.7. The second-order valence-corrected chi connectivity index (χ2v) is 5.43. The molecule has 0 aliphatic rings. The van der Waals surface area contributed by atoms with Crippen molar-refractivity contribution in [2.24, 2.45) is 4.99 Å². The van der Waals surface area contributed by atoms with Gasteiger partial charge in [0.25, 0.3) is 0 Å². The van der Waals surface area contributed by atoms with Gasteiger partial charge < -0.3 is 15.1 Å². The lowest BCUT2D eigenvalue weighted by Gasteiger charge is -2.27. The fraction of sp³-hybridized carbons (Fsp3) is 0.706. The summed E-state index contributed by atoms with van der Waals surface area (Å²) in [7, 11) is 0. The minimum absolute atomic E-state index is 0. The highest BCUT2D eigenvalue weighted by molar-refractivity contribution is 14.0.